The van der Waals surface area contributed by atoms with Crippen molar-refractivity contribution in [3.8, 4) is 11.5 Å². The van der Waals surface area contributed by atoms with Crippen LogP contribution >= 0.6 is 0 Å². The minimum absolute atomic E-state index is 0.0260. The van der Waals surface area contributed by atoms with E-state index in [0.29, 0.717) is 43.2 Å². The van der Waals surface area contributed by atoms with Gasteiger partial charge >= 0.3 is 0 Å². The molecule has 8 heteroatoms. The lowest BCUT2D eigenvalue weighted by Gasteiger charge is -2.34. The first-order valence-corrected chi connectivity index (χ1v) is 10.2. The van der Waals surface area contributed by atoms with Crippen LogP contribution in [-0.4, -0.2) is 67.7 Å². The Morgan fingerprint density at radius 1 is 1.00 bits per heavy atom. The van der Waals surface area contributed by atoms with Gasteiger partial charge in [0.1, 0.15) is 5.82 Å². The number of nitrogens with zero attached hydrogens (tertiary/aromatic N) is 2. The van der Waals surface area contributed by atoms with Crippen LogP contribution in [0.4, 0.5) is 4.39 Å². The first kappa shape index (κ1) is 20.9. The number of carbonyl (C=O) groups is 2. The van der Waals surface area contributed by atoms with Gasteiger partial charge in [0, 0.05) is 50.9 Å². The second kappa shape index (κ2) is 9.61. The molecule has 0 unspecified atom stereocenters. The topological polar surface area (TPSA) is 71.1 Å². The van der Waals surface area contributed by atoms with E-state index in [4.69, 9.17) is 9.47 Å². The fraction of sp³-hybridized carbons (Fsp3) is 0.304. The summed E-state index contributed by atoms with van der Waals surface area (Å²) in [6, 6.07) is 11.0. The van der Waals surface area contributed by atoms with Crippen LogP contribution in [0.5, 0.6) is 11.5 Å². The maximum Gasteiger partial charge on any atom is 0.251 e. The molecular weight excluding hydrogens is 401 g/mol. The number of nitrogens with one attached hydrogen (secondary N) is 1. The van der Waals surface area contributed by atoms with E-state index in [1.165, 1.54) is 24.3 Å². The highest BCUT2D eigenvalue weighted by Gasteiger charge is 2.19. The predicted molar refractivity (Wildman–Crippen MR) is 113 cm³/mol. The summed E-state index contributed by atoms with van der Waals surface area (Å²) < 4.78 is 23.6. The zero-order valence-corrected chi connectivity index (χ0v) is 17.1. The number of rotatable bonds is 6. The molecule has 2 amide bonds. The number of fused-ring (bicyclic) bond motifs is 1. The Balaban J connectivity index is 1.18. The predicted octanol–water partition coefficient (Wildman–Crippen LogP) is 2.14. The molecule has 1 saturated heterocycles. The molecule has 2 aliphatic rings. The normalized spacial score (nSPS) is 16.0. The highest BCUT2D eigenvalue weighted by atomic mass is 19.1. The smallest absolute Gasteiger partial charge is 0.251 e. The lowest BCUT2D eigenvalue weighted by atomic mass is 10.2. The summed E-state index contributed by atoms with van der Waals surface area (Å²) in [5.41, 5.74) is 1.32. The van der Waals surface area contributed by atoms with E-state index < -0.39 is 0 Å². The molecule has 1 fully saturated rings. The van der Waals surface area contributed by atoms with Crippen molar-refractivity contribution >= 4 is 17.9 Å². The van der Waals surface area contributed by atoms with Crippen LogP contribution in [0, 0.1) is 5.82 Å². The zero-order chi connectivity index (χ0) is 21.6. The summed E-state index contributed by atoms with van der Waals surface area (Å²) in [6.45, 7) is 4.18. The van der Waals surface area contributed by atoms with E-state index in [0.717, 1.165) is 18.7 Å². The number of amides is 2. The molecule has 2 aromatic rings. The van der Waals surface area contributed by atoms with Crippen LogP contribution in [0.3, 0.4) is 0 Å². The molecule has 0 bridgehead atoms. The van der Waals surface area contributed by atoms with Crippen molar-refractivity contribution in [2.24, 2.45) is 0 Å². The standard InChI is InChI=1S/C23H24FN3O4/c24-19-5-3-18(4-6-19)23(29)25-9-10-26-11-13-27(14-12-26)22(28)8-2-17-1-7-20-21(15-17)31-16-30-20/h1-8,15H,9-14,16H2,(H,25,29)/b8-2+. The molecule has 2 aromatic carbocycles. The van der Waals surface area contributed by atoms with E-state index in [1.807, 2.05) is 23.1 Å². The van der Waals surface area contributed by atoms with Gasteiger partial charge in [0.05, 0.1) is 0 Å². The molecule has 0 radical (unpaired) electrons. The quantitative estimate of drug-likeness (QED) is 0.719. The Morgan fingerprint density at radius 2 is 1.74 bits per heavy atom. The maximum absolute atomic E-state index is 12.9. The van der Waals surface area contributed by atoms with Crippen molar-refractivity contribution in [1.29, 1.82) is 0 Å². The van der Waals surface area contributed by atoms with Crippen LogP contribution < -0.4 is 14.8 Å². The second-order valence-corrected chi connectivity index (χ2v) is 7.38. The first-order chi connectivity index (χ1) is 15.1. The number of ether oxygens (including phenoxy) is 2. The number of piperazine rings is 1. The summed E-state index contributed by atoms with van der Waals surface area (Å²) in [4.78, 5) is 28.6. The van der Waals surface area contributed by atoms with Gasteiger partial charge in [-0.05, 0) is 48.0 Å². The molecule has 2 heterocycles. The summed E-state index contributed by atoms with van der Waals surface area (Å²) in [7, 11) is 0. The van der Waals surface area contributed by atoms with Crippen molar-refractivity contribution in [2.75, 3.05) is 46.1 Å². The van der Waals surface area contributed by atoms with Crippen LogP contribution in [0.2, 0.25) is 0 Å². The summed E-state index contributed by atoms with van der Waals surface area (Å²) in [5, 5.41) is 2.84. The number of hydrogen-bond donors (Lipinski definition) is 1. The van der Waals surface area contributed by atoms with Crippen LogP contribution in [0.15, 0.2) is 48.5 Å². The number of hydrogen-bond acceptors (Lipinski definition) is 5. The minimum Gasteiger partial charge on any atom is -0.454 e. The average Bonchev–Trinajstić information content (AvgIpc) is 3.26. The largest absolute Gasteiger partial charge is 0.454 e. The third-order valence-corrected chi connectivity index (χ3v) is 5.32. The molecule has 0 saturated carbocycles. The fourth-order valence-electron chi connectivity index (χ4n) is 3.51. The molecule has 0 atom stereocenters. The van der Waals surface area contributed by atoms with E-state index in [1.54, 1.807) is 12.2 Å². The highest BCUT2D eigenvalue weighted by Crippen LogP contribution is 2.32. The summed E-state index contributed by atoms with van der Waals surface area (Å²) in [5.74, 6) is 0.794. The molecule has 0 spiro atoms. The molecule has 31 heavy (non-hydrogen) atoms. The van der Waals surface area contributed by atoms with Gasteiger partial charge in [0.15, 0.2) is 11.5 Å². The Morgan fingerprint density at radius 3 is 2.52 bits per heavy atom. The van der Waals surface area contributed by atoms with Crippen LogP contribution in [0.1, 0.15) is 15.9 Å². The molecule has 162 valence electrons. The summed E-state index contributed by atoms with van der Waals surface area (Å²) >= 11 is 0. The third-order valence-electron chi connectivity index (χ3n) is 5.32. The molecule has 4 rings (SSSR count). The Hall–Kier alpha value is -3.39. The van der Waals surface area contributed by atoms with Gasteiger partial charge in [-0.1, -0.05) is 6.07 Å². The number of benzene rings is 2. The lowest BCUT2D eigenvalue weighted by molar-refractivity contribution is -0.127. The van der Waals surface area contributed by atoms with Crippen molar-refractivity contribution < 1.29 is 23.5 Å². The van der Waals surface area contributed by atoms with Gasteiger partial charge in [-0.15, -0.1) is 0 Å². The van der Waals surface area contributed by atoms with E-state index in [-0.39, 0.29) is 24.4 Å². The maximum atomic E-state index is 12.9. The molecule has 2 aliphatic heterocycles. The van der Waals surface area contributed by atoms with E-state index in [9.17, 15) is 14.0 Å². The van der Waals surface area contributed by atoms with Crippen molar-refractivity contribution in [3.05, 3.63) is 65.5 Å². The SMILES string of the molecule is O=C(NCCN1CCN(C(=O)/C=C/c2ccc3c(c2)OCO3)CC1)c1ccc(F)cc1. The first-order valence-electron chi connectivity index (χ1n) is 10.2. The molecule has 0 aromatic heterocycles. The second-order valence-electron chi connectivity index (χ2n) is 7.38. The molecule has 0 aliphatic carbocycles. The summed E-state index contributed by atoms with van der Waals surface area (Å²) in [6.07, 6.45) is 3.36. The van der Waals surface area contributed by atoms with Gasteiger partial charge < -0.3 is 19.7 Å². The Bertz CT molecular complexity index is 969. The average molecular weight is 425 g/mol. The van der Waals surface area contributed by atoms with Crippen LogP contribution in [0.25, 0.3) is 6.08 Å². The van der Waals surface area contributed by atoms with Crippen molar-refractivity contribution in [1.82, 2.24) is 15.1 Å². The van der Waals surface area contributed by atoms with Gasteiger partial charge in [-0.2, -0.15) is 0 Å². The van der Waals surface area contributed by atoms with Gasteiger partial charge in [0.2, 0.25) is 12.7 Å². The van der Waals surface area contributed by atoms with Gasteiger partial charge in [0.25, 0.3) is 5.91 Å². The number of halogens is 1. The molecule has 7 nitrogen and oxygen atoms in total. The minimum atomic E-state index is -0.366. The number of carbonyl (C=O) groups excluding carboxylic acids is 2. The van der Waals surface area contributed by atoms with Crippen LogP contribution in [-0.2, 0) is 4.79 Å². The highest BCUT2D eigenvalue weighted by molar-refractivity contribution is 5.94. The van der Waals surface area contributed by atoms with Gasteiger partial charge in [-0.3, -0.25) is 14.5 Å². The lowest BCUT2D eigenvalue weighted by Crippen LogP contribution is -2.49. The van der Waals surface area contributed by atoms with Crippen molar-refractivity contribution in [3.63, 3.8) is 0 Å². The molecular formula is C23H24FN3O4. The zero-order valence-electron chi connectivity index (χ0n) is 17.1. The van der Waals surface area contributed by atoms with E-state index in [2.05, 4.69) is 10.2 Å². The fourth-order valence-corrected chi connectivity index (χ4v) is 3.51. The third kappa shape index (κ3) is 5.40. The Labute approximate surface area is 180 Å². The van der Waals surface area contributed by atoms with E-state index >= 15 is 0 Å². The molecule has 1 N–H and O–H groups in total. The Kier molecular flexibility index (Phi) is 6.47. The van der Waals surface area contributed by atoms with Crippen molar-refractivity contribution in [2.45, 2.75) is 0 Å². The van der Waals surface area contributed by atoms with Gasteiger partial charge in [-0.25, -0.2) is 4.39 Å². The monoisotopic (exact) mass is 425 g/mol.